The number of carbonyl (C=O) groups is 2. The van der Waals surface area contributed by atoms with Crippen LogP contribution >= 0.6 is 0 Å². The van der Waals surface area contributed by atoms with Crippen LogP contribution in [0.5, 0.6) is 0 Å². The third kappa shape index (κ3) is 6.81. The Morgan fingerprint density at radius 1 is 1.19 bits per heavy atom. The average molecular weight is 368 g/mol. The van der Waals surface area contributed by atoms with Crippen molar-refractivity contribution in [3.8, 4) is 0 Å². The van der Waals surface area contributed by atoms with Crippen LogP contribution in [-0.4, -0.2) is 31.2 Å². The lowest BCUT2D eigenvalue weighted by Crippen LogP contribution is -2.26. The van der Waals surface area contributed by atoms with Crippen LogP contribution in [0.1, 0.15) is 34.8 Å². The molecule has 0 unspecified atom stereocenters. The molecule has 0 radical (unpaired) electrons. The van der Waals surface area contributed by atoms with Gasteiger partial charge in [-0.2, -0.15) is 5.10 Å². The molecule has 27 heavy (non-hydrogen) atoms. The molecule has 7 heteroatoms. The zero-order valence-electron chi connectivity index (χ0n) is 15.3. The fourth-order valence-electron chi connectivity index (χ4n) is 2.40. The van der Waals surface area contributed by atoms with E-state index in [9.17, 15) is 9.59 Å². The van der Waals surface area contributed by atoms with E-state index < -0.39 is 0 Å². The first-order valence-corrected chi connectivity index (χ1v) is 8.72. The Morgan fingerprint density at radius 2 is 1.96 bits per heavy atom. The highest BCUT2D eigenvalue weighted by atomic mass is 16.5. The Labute approximate surface area is 158 Å². The van der Waals surface area contributed by atoms with Crippen molar-refractivity contribution in [2.75, 3.05) is 18.5 Å². The van der Waals surface area contributed by atoms with E-state index in [0.29, 0.717) is 18.7 Å². The predicted molar refractivity (Wildman–Crippen MR) is 106 cm³/mol. The van der Waals surface area contributed by atoms with Gasteiger partial charge in [0.2, 0.25) is 0 Å². The summed E-state index contributed by atoms with van der Waals surface area (Å²) in [5.74, 6) is 4.58. The topological polar surface area (TPSA) is 106 Å². The van der Waals surface area contributed by atoms with Gasteiger partial charge in [0.1, 0.15) is 0 Å². The van der Waals surface area contributed by atoms with E-state index in [1.807, 2.05) is 36.4 Å². The molecule has 0 aliphatic rings. The minimum atomic E-state index is -0.322. The van der Waals surface area contributed by atoms with Crippen molar-refractivity contribution < 1.29 is 14.3 Å². The molecule has 2 rings (SSSR count). The van der Waals surface area contributed by atoms with Crippen molar-refractivity contribution in [1.29, 1.82) is 0 Å². The maximum atomic E-state index is 12.2. The van der Waals surface area contributed by atoms with Crippen molar-refractivity contribution in [3.05, 3.63) is 65.2 Å². The van der Waals surface area contributed by atoms with Crippen LogP contribution in [0.4, 0.5) is 5.69 Å². The van der Waals surface area contributed by atoms with Gasteiger partial charge in [0.25, 0.3) is 5.91 Å². The number of hydrogen-bond acceptors (Lipinski definition) is 6. The summed E-state index contributed by atoms with van der Waals surface area (Å²) >= 11 is 0. The Balaban J connectivity index is 1.86. The normalized spacial score (nSPS) is 10.6. The number of carbonyl (C=O) groups excluding carboxylic acids is 2. The Kier molecular flexibility index (Phi) is 7.84. The number of nitrogens with two attached hydrogens (primary N) is 1. The molecule has 0 aromatic heterocycles. The Bertz CT molecular complexity index is 788. The quantitative estimate of drug-likeness (QED) is 0.272. The number of ether oxygens (including phenoxy) is 1. The molecule has 0 heterocycles. The second-order valence-electron chi connectivity index (χ2n) is 5.77. The van der Waals surface area contributed by atoms with Gasteiger partial charge in [0, 0.05) is 24.3 Å². The first-order chi connectivity index (χ1) is 13.1. The smallest absolute Gasteiger partial charge is 0.307 e. The van der Waals surface area contributed by atoms with E-state index in [-0.39, 0.29) is 24.8 Å². The summed E-state index contributed by atoms with van der Waals surface area (Å²) in [6.45, 7) is 2.95. The van der Waals surface area contributed by atoms with Gasteiger partial charge >= 0.3 is 5.97 Å². The number of rotatable bonds is 9. The third-order valence-corrected chi connectivity index (χ3v) is 3.74. The van der Waals surface area contributed by atoms with Gasteiger partial charge in [-0.15, -0.1) is 0 Å². The van der Waals surface area contributed by atoms with Crippen molar-refractivity contribution in [2.24, 2.45) is 10.9 Å². The molecule has 2 aromatic carbocycles. The maximum Gasteiger partial charge on any atom is 0.307 e. The molecule has 0 aliphatic carbocycles. The molecule has 7 nitrogen and oxygen atoms in total. The molecule has 0 spiro atoms. The van der Waals surface area contributed by atoms with Crippen molar-refractivity contribution in [1.82, 2.24) is 5.32 Å². The van der Waals surface area contributed by atoms with Crippen LogP contribution in [0.3, 0.4) is 0 Å². The zero-order valence-corrected chi connectivity index (χ0v) is 15.3. The predicted octanol–water partition coefficient (Wildman–Crippen LogP) is 2.27. The number of benzene rings is 2. The molecule has 0 fully saturated rings. The summed E-state index contributed by atoms with van der Waals surface area (Å²) in [7, 11) is 0. The summed E-state index contributed by atoms with van der Waals surface area (Å²) in [6.07, 6.45) is 1.74. The van der Waals surface area contributed by atoms with E-state index in [1.165, 1.54) is 0 Å². The molecule has 4 N–H and O–H groups in total. The van der Waals surface area contributed by atoms with Gasteiger partial charge in [-0.05, 0) is 36.2 Å². The second-order valence-corrected chi connectivity index (χ2v) is 5.77. The number of amides is 1. The van der Waals surface area contributed by atoms with Gasteiger partial charge in [-0.1, -0.05) is 30.3 Å². The summed E-state index contributed by atoms with van der Waals surface area (Å²) in [5.41, 5.74) is 3.38. The van der Waals surface area contributed by atoms with Crippen LogP contribution < -0.4 is 16.5 Å². The van der Waals surface area contributed by atoms with Gasteiger partial charge in [-0.3, -0.25) is 9.59 Å². The Hall–Kier alpha value is -3.35. The minimum absolute atomic E-state index is 0.155. The lowest BCUT2D eigenvalue weighted by atomic mass is 10.1. The van der Waals surface area contributed by atoms with Gasteiger partial charge in [0.05, 0.1) is 19.2 Å². The minimum Gasteiger partial charge on any atom is -0.466 e. The van der Waals surface area contributed by atoms with Crippen LogP contribution in [0.25, 0.3) is 0 Å². The number of nitrogens with one attached hydrogen (secondary N) is 2. The number of hydrogen-bond donors (Lipinski definition) is 3. The van der Waals surface area contributed by atoms with Crippen LogP contribution in [0, 0.1) is 0 Å². The highest BCUT2D eigenvalue weighted by Gasteiger charge is 2.08. The van der Waals surface area contributed by atoms with Gasteiger partial charge < -0.3 is 21.2 Å². The average Bonchev–Trinajstić information content (AvgIpc) is 2.68. The largest absolute Gasteiger partial charge is 0.466 e. The summed E-state index contributed by atoms with van der Waals surface area (Å²) in [6, 6.07) is 15.0. The molecule has 0 aliphatic heterocycles. The Morgan fingerprint density at radius 3 is 2.67 bits per heavy atom. The monoisotopic (exact) mass is 368 g/mol. The van der Waals surface area contributed by atoms with Crippen LogP contribution in [-0.2, 0) is 16.1 Å². The second kappa shape index (κ2) is 10.6. The maximum absolute atomic E-state index is 12.2. The summed E-state index contributed by atoms with van der Waals surface area (Å²) < 4.78 is 4.83. The number of hydrazone groups is 1. The molecular formula is C20H24N4O3. The van der Waals surface area contributed by atoms with Crippen molar-refractivity contribution in [2.45, 2.75) is 19.9 Å². The molecule has 1 amide bonds. The first-order valence-electron chi connectivity index (χ1n) is 8.72. The molecular weight excluding hydrogens is 344 g/mol. The lowest BCUT2D eigenvalue weighted by Gasteiger charge is -2.09. The lowest BCUT2D eigenvalue weighted by molar-refractivity contribution is -0.142. The van der Waals surface area contributed by atoms with E-state index in [4.69, 9.17) is 10.6 Å². The van der Waals surface area contributed by atoms with Crippen molar-refractivity contribution >= 4 is 23.8 Å². The first kappa shape index (κ1) is 20.0. The van der Waals surface area contributed by atoms with E-state index in [0.717, 1.165) is 16.8 Å². The van der Waals surface area contributed by atoms with E-state index >= 15 is 0 Å². The molecule has 0 atom stereocenters. The highest BCUT2D eigenvalue weighted by molar-refractivity contribution is 5.95. The van der Waals surface area contributed by atoms with Crippen LogP contribution in [0.2, 0.25) is 0 Å². The number of anilines is 1. The fraction of sp³-hybridized carbons (Fsp3) is 0.250. The third-order valence-electron chi connectivity index (χ3n) is 3.74. The highest BCUT2D eigenvalue weighted by Crippen LogP contribution is 2.13. The number of esters is 1. The molecule has 0 bridgehead atoms. The standard InChI is InChI=1S/C20H24N4O3/c1-2-27-19(25)10-11-22-20(26)17-4-3-5-18(12-17)23-13-15-6-8-16(9-7-15)14-24-21/h3-9,12,14,23H,2,10-11,13,21H2,1H3,(H,22,26). The van der Waals surface area contributed by atoms with E-state index in [2.05, 4.69) is 15.7 Å². The zero-order chi connectivity index (χ0) is 19.5. The SMILES string of the molecule is CCOC(=O)CCNC(=O)c1cccc(NCc2ccc(C=NN)cc2)c1. The molecule has 2 aromatic rings. The molecule has 0 saturated heterocycles. The van der Waals surface area contributed by atoms with E-state index in [1.54, 1.807) is 25.3 Å². The van der Waals surface area contributed by atoms with Crippen LogP contribution in [0.15, 0.2) is 53.6 Å². The summed E-state index contributed by atoms with van der Waals surface area (Å²) in [5, 5.41) is 9.49. The molecule has 142 valence electrons. The van der Waals surface area contributed by atoms with Gasteiger partial charge in [0.15, 0.2) is 0 Å². The number of nitrogens with zero attached hydrogens (tertiary/aromatic N) is 1. The summed E-state index contributed by atoms with van der Waals surface area (Å²) in [4.78, 5) is 23.5. The molecule has 0 saturated carbocycles. The fourth-order valence-corrected chi connectivity index (χ4v) is 2.40. The van der Waals surface area contributed by atoms with Gasteiger partial charge in [-0.25, -0.2) is 0 Å². The van der Waals surface area contributed by atoms with Crippen molar-refractivity contribution in [3.63, 3.8) is 0 Å².